The van der Waals surface area contributed by atoms with Crippen LogP contribution in [-0.2, 0) is 0 Å². The SMILES string of the molecule is C[C@@H](CC(F)(F)F)Nc1ncc2c(Br)cc([C@H]3CC[C@H](O)CC3)n2n1. The van der Waals surface area contributed by atoms with E-state index < -0.39 is 18.6 Å². The van der Waals surface area contributed by atoms with Gasteiger partial charge in [0.1, 0.15) is 0 Å². The lowest BCUT2D eigenvalue weighted by atomic mass is 9.85. The van der Waals surface area contributed by atoms with Gasteiger partial charge >= 0.3 is 6.18 Å². The van der Waals surface area contributed by atoms with Crippen LogP contribution in [0, 0.1) is 0 Å². The van der Waals surface area contributed by atoms with Gasteiger partial charge in [0.15, 0.2) is 0 Å². The topological polar surface area (TPSA) is 62.5 Å². The third-order valence-corrected chi connectivity index (χ3v) is 5.16. The molecule has 0 aromatic carbocycles. The first-order chi connectivity index (χ1) is 11.7. The van der Waals surface area contributed by atoms with Gasteiger partial charge in [0, 0.05) is 22.1 Å². The molecule has 2 heterocycles. The fraction of sp³-hybridized carbons (Fsp3) is 0.625. The highest BCUT2D eigenvalue weighted by atomic mass is 79.9. The van der Waals surface area contributed by atoms with Gasteiger partial charge in [-0.1, -0.05) is 0 Å². The molecule has 0 bridgehead atoms. The normalized spacial score (nSPS) is 23.0. The molecule has 138 valence electrons. The maximum atomic E-state index is 12.5. The van der Waals surface area contributed by atoms with Crippen LogP contribution in [0.4, 0.5) is 19.1 Å². The Bertz CT molecular complexity index is 741. The molecule has 25 heavy (non-hydrogen) atoms. The molecular weight excluding hydrogens is 401 g/mol. The molecule has 1 fully saturated rings. The van der Waals surface area contributed by atoms with Crippen LogP contribution in [0.1, 0.15) is 50.6 Å². The number of hydrogen-bond donors (Lipinski definition) is 2. The number of fused-ring (bicyclic) bond motifs is 1. The summed E-state index contributed by atoms with van der Waals surface area (Å²) in [6.07, 6.45) is -0.628. The summed E-state index contributed by atoms with van der Waals surface area (Å²) in [5.74, 6) is 0.432. The van der Waals surface area contributed by atoms with E-state index in [0.717, 1.165) is 41.4 Å². The van der Waals surface area contributed by atoms with E-state index in [-0.39, 0.29) is 18.0 Å². The van der Waals surface area contributed by atoms with Crippen molar-refractivity contribution in [3.63, 3.8) is 0 Å². The van der Waals surface area contributed by atoms with Gasteiger partial charge in [0.25, 0.3) is 0 Å². The first-order valence-corrected chi connectivity index (χ1v) is 9.08. The summed E-state index contributed by atoms with van der Waals surface area (Å²) in [6.45, 7) is 1.45. The van der Waals surface area contributed by atoms with Crippen LogP contribution < -0.4 is 5.32 Å². The van der Waals surface area contributed by atoms with Crippen LogP contribution in [0.15, 0.2) is 16.7 Å². The number of halogens is 4. The van der Waals surface area contributed by atoms with E-state index in [9.17, 15) is 18.3 Å². The zero-order valence-corrected chi connectivity index (χ0v) is 15.3. The maximum absolute atomic E-state index is 12.5. The summed E-state index contributed by atoms with van der Waals surface area (Å²) in [7, 11) is 0. The summed E-state index contributed by atoms with van der Waals surface area (Å²) in [4.78, 5) is 4.13. The second kappa shape index (κ2) is 7.11. The minimum atomic E-state index is -4.24. The number of aliphatic hydroxyl groups excluding tert-OH is 1. The highest BCUT2D eigenvalue weighted by molar-refractivity contribution is 9.10. The van der Waals surface area contributed by atoms with E-state index >= 15 is 0 Å². The zero-order chi connectivity index (χ0) is 18.2. The number of nitrogens with zero attached hydrogens (tertiary/aromatic N) is 3. The Hall–Kier alpha value is -1.35. The van der Waals surface area contributed by atoms with Crippen molar-refractivity contribution in [2.45, 2.75) is 63.3 Å². The fourth-order valence-corrected chi connectivity index (χ4v) is 3.83. The van der Waals surface area contributed by atoms with Crippen molar-refractivity contribution in [3.8, 4) is 0 Å². The third-order valence-electron chi connectivity index (χ3n) is 4.52. The first kappa shape index (κ1) is 18.4. The van der Waals surface area contributed by atoms with Gasteiger partial charge in [0.05, 0.1) is 24.2 Å². The van der Waals surface area contributed by atoms with E-state index in [0.29, 0.717) is 0 Å². The van der Waals surface area contributed by atoms with Crippen molar-refractivity contribution >= 4 is 27.4 Å². The van der Waals surface area contributed by atoms with Gasteiger partial charge in [-0.05, 0) is 54.6 Å². The lowest BCUT2D eigenvalue weighted by molar-refractivity contribution is -0.136. The number of aromatic nitrogens is 3. The highest BCUT2D eigenvalue weighted by Gasteiger charge is 2.30. The van der Waals surface area contributed by atoms with E-state index in [1.54, 1.807) is 10.7 Å². The van der Waals surface area contributed by atoms with Crippen molar-refractivity contribution in [2.24, 2.45) is 0 Å². The summed E-state index contributed by atoms with van der Waals surface area (Å²) < 4.78 is 40.1. The lowest BCUT2D eigenvalue weighted by Crippen LogP contribution is -2.25. The van der Waals surface area contributed by atoms with Gasteiger partial charge in [-0.3, -0.25) is 0 Å². The summed E-state index contributed by atoms with van der Waals surface area (Å²) in [5, 5.41) is 16.8. The minimum Gasteiger partial charge on any atom is -0.393 e. The number of anilines is 1. The molecule has 5 nitrogen and oxygen atoms in total. The van der Waals surface area contributed by atoms with Gasteiger partial charge in [-0.15, -0.1) is 5.10 Å². The number of rotatable bonds is 4. The molecule has 3 rings (SSSR count). The predicted molar refractivity (Wildman–Crippen MR) is 91.7 cm³/mol. The molecule has 2 N–H and O–H groups in total. The predicted octanol–water partition coefficient (Wildman–Crippen LogP) is 4.26. The molecule has 2 aromatic rings. The van der Waals surface area contributed by atoms with E-state index in [2.05, 4.69) is 31.3 Å². The molecule has 0 unspecified atom stereocenters. The summed E-state index contributed by atoms with van der Waals surface area (Å²) in [6, 6.07) is 1.17. The van der Waals surface area contributed by atoms with Gasteiger partial charge in [-0.25, -0.2) is 9.50 Å². The van der Waals surface area contributed by atoms with E-state index in [1.807, 2.05) is 6.07 Å². The van der Waals surface area contributed by atoms with Crippen LogP contribution in [-0.4, -0.2) is 38.0 Å². The molecule has 0 amide bonds. The number of alkyl halides is 3. The molecule has 1 aliphatic carbocycles. The highest BCUT2D eigenvalue weighted by Crippen LogP contribution is 2.36. The van der Waals surface area contributed by atoms with E-state index in [1.165, 1.54) is 6.92 Å². The van der Waals surface area contributed by atoms with Crippen molar-refractivity contribution in [1.82, 2.24) is 14.6 Å². The molecule has 0 radical (unpaired) electrons. The van der Waals surface area contributed by atoms with Crippen LogP contribution in [0.3, 0.4) is 0 Å². The Morgan fingerprint density at radius 3 is 2.68 bits per heavy atom. The Kier molecular flexibility index (Phi) is 5.24. The van der Waals surface area contributed by atoms with E-state index in [4.69, 9.17) is 0 Å². The quantitative estimate of drug-likeness (QED) is 0.775. The molecule has 9 heteroatoms. The molecule has 0 saturated heterocycles. The smallest absolute Gasteiger partial charge is 0.391 e. The summed E-state index contributed by atoms with van der Waals surface area (Å²) in [5.41, 5.74) is 1.76. The van der Waals surface area contributed by atoms with Gasteiger partial charge < -0.3 is 10.4 Å². The molecule has 1 aliphatic rings. The Labute approximate surface area is 151 Å². The Morgan fingerprint density at radius 1 is 1.36 bits per heavy atom. The van der Waals surface area contributed by atoms with Crippen molar-refractivity contribution < 1.29 is 18.3 Å². The second-order valence-electron chi connectivity index (χ2n) is 6.67. The van der Waals surface area contributed by atoms with Crippen LogP contribution in [0.2, 0.25) is 0 Å². The second-order valence-corrected chi connectivity index (χ2v) is 7.52. The van der Waals surface area contributed by atoms with Gasteiger partial charge in [0.2, 0.25) is 5.95 Å². The van der Waals surface area contributed by atoms with Crippen molar-refractivity contribution in [2.75, 3.05) is 5.32 Å². The standard InChI is InChI=1S/C16H20BrF3N4O/c1-9(7-16(18,19)20)22-15-21-8-14-12(17)6-13(24(14)23-15)10-2-4-11(25)5-3-10/h6,8-11,25H,2-5,7H2,1H3,(H,22,23)/t9-,10-,11-/m0/s1. The average Bonchev–Trinajstić information content (AvgIpc) is 2.83. The average molecular weight is 421 g/mol. The number of hydrogen-bond acceptors (Lipinski definition) is 4. The monoisotopic (exact) mass is 420 g/mol. The molecule has 2 aromatic heterocycles. The largest absolute Gasteiger partial charge is 0.393 e. The number of aliphatic hydroxyl groups is 1. The number of nitrogens with one attached hydrogen (secondary N) is 1. The maximum Gasteiger partial charge on any atom is 0.391 e. The Balaban J connectivity index is 1.84. The molecule has 0 spiro atoms. The first-order valence-electron chi connectivity index (χ1n) is 8.28. The molecule has 1 saturated carbocycles. The lowest BCUT2D eigenvalue weighted by Gasteiger charge is -2.25. The molecule has 0 aliphatic heterocycles. The Morgan fingerprint density at radius 2 is 2.04 bits per heavy atom. The van der Waals surface area contributed by atoms with Crippen LogP contribution in [0.5, 0.6) is 0 Å². The van der Waals surface area contributed by atoms with Crippen LogP contribution in [0.25, 0.3) is 5.52 Å². The molecular formula is C16H20BrF3N4O. The van der Waals surface area contributed by atoms with Gasteiger partial charge in [-0.2, -0.15) is 13.2 Å². The molecule has 1 atom stereocenters. The van der Waals surface area contributed by atoms with Crippen molar-refractivity contribution in [3.05, 3.63) is 22.4 Å². The zero-order valence-electron chi connectivity index (χ0n) is 13.7. The van der Waals surface area contributed by atoms with Crippen molar-refractivity contribution in [1.29, 1.82) is 0 Å². The summed E-state index contributed by atoms with van der Waals surface area (Å²) >= 11 is 3.49. The minimum absolute atomic E-state index is 0.171. The fourth-order valence-electron chi connectivity index (χ4n) is 3.32. The van der Waals surface area contributed by atoms with Crippen LogP contribution >= 0.6 is 15.9 Å². The third kappa shape index (κ3) is 4.44.